The first kappa shape index (κ1) is 9.20. The maximum absolute atomic E-state index is 3.85. The van der Waals surface area contributed by atoms with Crippen LogP contribution in [0.3, 0.4) is 0 Å². The van der Waals surface area contributed by atoms with E-state index in [4.69, 9.17) is 0 Å². The first-order chi connectivity index (χ1) is 5.89. The Balaban J connectivity index is 0.000000127. The smallest absolute Gasteiger partial charge is 0.0270 e. The summed E-state index contributed by atoms with van der Waals surface area (Å²) in [5.74, 6) is 0. The first-order valence-electron chi connectivity index (χ1n) is 4.47. The van der Waals surface area contributed by atoms with E-state index < -0.39 is 0 Å². The van der Waals surface area contributed by atoms with Crippen LogP contribution in [0, 0.1) is 6.92 Å². The molecule has 1 aromatic rings. The minimum Gasteiger partial charge on any atom is -0.317 e. The molecule has 0 atom stereocenters. The summed E-state index contributed by atoms with van der Waals surface area (Å²) in [6.45, 7) is 4.54. The molecule has 0 amide bonds. The molecule has 2 heterocycles. The van der Waals surface area contributed by atoms with Gasteiger partial charge in [0.15, 0.2) is 0 Å². The van der Waals surface area contributed by atoms with E-state index in [2.05, 4.69) is 10.3 Å². The van der Waals surface area contributed by atoms with Crippen molar-refractivity contribution in [2.24, 2.45) is 0 Å². The van der Waals surface area contributed by atoms with Crippen molar-refractivity contribution in [2.75, 3.05) is 13.1 Å². The molecule has 0 aliphatic carbocycles. The quantitative estimate of drug-likeness (QED) is 0.632. The summed E-state index contributed by atoms with van der Waals surface area (Å²) in [5, 5.41) is 3.22. The molecule has 1 aromatic heterocycles. The van der Waals surface area contributed by atoms with Gasteiger partial charge in [0.25, 0.3) is 0 Å². The van der Waals surface area contributed by atoms with Crippen molar-refractivity contribution in [2.45, 2.75) is 19.8 Å². The maximum Gasteiger partial charge on any atom is 0.0270 e. The Labute approximate surface area is 74.0 Å². The van der Waals surface area contributed by atoms with Gasteiger partial charge in [0.2, 0.25) is 0 Å². The Morgan fingerprint density at radius 2 is 1.75 bits per heavy atom. The van der Waals surface area contributed by atoms with Crippen molar-refractivity contribution in [3.63, 3.8) is 0 Å². The molecule has 2 rings (SSSR count). The number of aromatic nitrogens is 1. The minimum atomic E-state index is 1.25. The Bertz CT molecular complexity index is 185. The lowest BCUT2D eigenvalue weighted by molar-refractivity contribution is 0.857. The molecule has 1 fully saturated rings. The van der Waals surface area contributed by atoms with E-state index in [1.807, 2.05) is 19.1 Å². The van der Waals surface area contributed by atoms with E-state index in [0.717, 1.165) is 0 Å². The van der Waals surface area contributed by atoms with Crippen LogP contribution in [0.1, 0.15) is 18.4 Å². The van der Waals surface area contributed by atoms with Crippen LogP contribution < -0.4 is 5.32 Å². The van der Waals surface area contributed by atoms with E-state index in [1.165, 1.54) is 31.5 Å². The largest absolute Gasteiger partial charge is 0.317 e. The average molecular weight is 164 g/mol. The fraction of sp³-hybridized carbons (Fsp3) is 0.500. The fourth-order valence-corrected chi connectivity index (χ4v) is 1.05. The molecule has 0 spiro atoms. The molecule has 1 aliphatic heterocycles. The third kappa shape index (κ3) is 4.09. The zero-order valence-electron chi connectivity index (χ0n) is 7.59. The number of pyridine rings is 1. The molecule has 0 aromatic carbocycles. The number of nitrogens with zero attached hydrogens (tertiary/aromatic N) is 1. The molecular weight excluding hydrogens is 148 g/mol. The van der Waals surface area contributed by atoms with Gasteiger partial charge in [0.1, 0.15) is 0 Å². The number of nitrogens with one attached hydrogen (secondary N) is 1. The topological polar surface area (TPSA) is 24.9 Å². The van der Waals surface area contributed by atoms with Crippen LogP contribution in [-0.2, 0) is 0 Å². The number of hydrogen-bond donors (Lipinski definition) is 1. The van der Waals surface area contributed by atoms with Gasteiger partial charge in [-0.2, -0.15) is 0 Å². The number of rotatable bonds is 0. The third-order valence-electron chi connectivity index (χ3n) is 1.80. The summed E-state index contributed by atoms with van der Waals surface area (Å²) in [6, 6.07) is 3.94. The SMILES string of the molecule is C1CCNC1.Cc1ccncc1. The molecule has 0 saturated carbocycles. The van der Waals surface area contributed by atoms with Crippen molar-refractivity contribution in [1.29, 1.82) is 0 Å². The lowest BCUT2D eigenvalue weighted by atomic mass is 10.3. The van der Waals surface area contributed by atoms with Crippen LogP contribution in [0.15, 0.2) is 24.5 Å². The van der Waals surface area contributed by atoms with Crippen LogP contribution in [0.2, 0.25) is 0 Å². The van der Waals surface area contributed by atoms with Gasteiger partial charge in [-0.3, -0.25) is 4.98 Å². The van der Waals surface area contributed by atoms with Gasteiger partial charge < -0.3 is 5.32 Å². The maximum atomic E-state index is 3.85. The van der Waals surface area contributed by atoms with Crippen molar-refractivity contribution < 1.29 is 0 Å². The van der Waals surface area contributed by atoms with Crippen LogP contribution in [0.25, 0.3) is 0 Å². The molecule has 2 nitrogen and oxygen atoms in total. The molecule has 1 aliphatic rings. The van der Waals surface area contributed by atoms with Gasteiger partial charge >= 0.3 is 0 Å². The summed E-state index contributed by atoms with van der Waals surface area (Å²) in [4.78, 5) is 3.85. The van der Waals surface area contributed by atoms with Crippen molar-refractivity contribution in [3.05, 3.63) is 30.1 Å². The number of hydrogen-bond acceptors (Lipinski definition) is 2. The second-order valence-corrected chi connectivity index (χ2v) is 2.98. The molecule has 0 bridgehead atoms. The van der Waals surface area contributed by atoms with Crippen LogP contribution in [0.4, 0.5) is 0 Å². The van der Waals surface area contributed by atoms with Crippen LogP contribution >= 0.6 is 0 Å². The van der Waals surface area contributed by atoms with Gasteiger partial charge in [-0.25, -0.2) is 0 Å². The van der Waals surface area contributed by atoms with E-state index >= 15 is 0 Å². The predicted molar refractivity (Wildman–Crippen MR) is 51.1 cm³/mol. The Hall–Kier alpha value is -0.890. The molecule has 66 valence electrons. The molecule has 1 saturated heterocycles. The van der Waals surface area contributed by atoms with Gasteiger partial charge in [-0.1, -0.05) is 0 Å². The monoisotopic (exact) mass is 164 g/mol. The molecule has 12 heavy (non-hydrogen) atoms. The zero-order valence-corrected chi connectivity index (χ0v) is 7.59. The van der Waals surface area contributed by atoms with E-state index in [-0.39, 0.29) is 0 Å². The highest BCUT2D eigenvalue weighted by molar-refractivity contribution is 5.05. The van der Waals surface area contributed by atoms with Crippen LogP contribution in [-0.4, -0.2) is 18.1 Å². The van der Waals surface area contributed by atoms with E-state index in [1.54, 1.807) is 12.4 Å². The Kier molecular flexibility index (Phi) is 4.39. The predicted octanol–water partition coefficient (Wildman–Crippen LogP) is 1.76. The highest BCUT2D eigenvalue weighted by Gasteiger charge is 1.93. The van der Waals surface area contributed by atoms with Gasteiger partial charge in [-0.15, -0.1) is 0 Å². The van der Waals surface area contributed by atoms with E-state index in [0.29, 0.717) is 0 Å². The second-order valence-electron chi connectivity index (χ2n) is 2.98. The second kappa shape index (κ2) is 5.72. The lowest BCUT2D eigenvalue weighted by Gasteiger charge is -1.82. The van der Waals surface area contributed by atoms with E-state index in [9.17, 15) is 0 Å². The minimum absolute atomic E-state index is 1.25. The first-order valence-corrected chi connectivity index (χ1v) is 4.47. The van der Waals surface area contributed by atoms with Gasteiger partial charge in [-0.05, 0) is 50.6 Å². The summed E-state index contributed by atoms with van der Waals surface area (Å²) < 4.78 is 0. The summed E-state index contributed by atoms with van der Waals surface area (Å²) >= 11 is 0. The Morgan fingerprint density at radius 3 is 2.00 bits per heavy atom. The van der Waals surface area contributed by atoms with Crippen molar-refractivity contribution >= 4 is 0 Å². The summed E-state index contributed by atoms with van der Waals surface area (Å²) in [7, 11) is 0. The summed E-state index contributed by atoms with van der Waals surface area (Å²) in [5.41, 5.74) is 1.26. The normalized spacial score (nSPS) is 15.1. The number of aryl methyl sites for hydroxylation is 1. The molecule has 0 radical (unpaired) electrons. The lowest BCUT2D eigenvalue weighted by Crippen LogP contribution is -2.03. The molecule has 1 N–H and O–H groups in total. The third-order valence-corrected chi connectivity index (χ3v) is 1.80. The van der Waals surface area contributed by atoms with Crippen molar-refractivity contribution in [1.82, 2.24) is 10.3 Å². The standard InChI is InChI=1S/C6H7N.C4H9N/c1-6-2-4-7-5-3-6;1-2-4-5-3-1/h2-5H,1H3;5H,1-4H2. The fourth-order valence-electron chi connectivity index (χ4n) is 1.05. The van der Waals surface area contributed by atoms with Crippen molar-refractivity contribution in [3.8, 4) is 0 Å². The highest BCUT2D eigenvalue weighted by atomic mass is 14.9. The average Bonchev–Trinajstić information content (AvgIpc) is 2.62. The molecular formula is C10H16N2. The molecule has 0 unspecified atom stereocenters. The van der Waals surface area contributed by atoms with Crippen LogP contribution in [0.5, 0.6) is 0 Å². The molecule has 2 heteroatoms. The Morgan fingerprint density at radius 1 is 1.17 bits per heavy atom. The summed E-state index contributed by atoms with van der Waals surface area (Å²) in [6.07, 6.45) is 6.35. The zero-order chi connectivity index (χ0) is 8.65. The highest BCUT2D eigenvalue weighted by Crippen LogP contribution is 1.90. The van der Waals surface area contributed by atoms with Gasteiger partial charge in [0, 0.05) is 12.4 Å². The van der Waals surface area contributed by atoms with Gasteiger partial charge in [0.05, 0.1) is 0 Å².